The lowest BCUT2D eigenvalue weighted by atomic mass is 9.88. The van der Waals surface area contributed by atoms with E-state index in [9.17, 15) is 14.4 Å². The number of nitrogens with zero attached hydrogens (tertiary/aromatic N) is 1. The normalized spacial score (nSPS) is 15.4. The summed E-state index contributed by atoms with van der Waals surface area (Å²) in [5.41, 5.74) is 3.11. The molecule has 10 heteroatoms. The molecule has 9 nitrogen and oxygen atoms in total. The van der Waals surface area contributed by atoms with Gasteiger partial charge in [0.15, 0.2) is 18.1 Å². The number of aryl methyl sites for hydroxylation is 1. The van der Waals surface area contributed by atoms with Gasteiger partial charge in [-0.25, -0.2) is 9.78 Å². The average Bonchev–Trinajstić information content (AvgIpc) is 3.39. The molecule has 5 rings (SSSR count). The predicted molar refractivity (Wildman–Crippen MR) is 137 cm³/mol. The van der Waals surface area contributed by atoms with Crippen molar-refractivity contribution < 1.29 is 28.6 Å². The van der Waals surface area contributed by atoms with E-state index in [2.05, 4.69) is 21.7 Å². The van der Waals surface area contributed by atoms with E-state index in [-0.39, 0.29) is 36.0 Å². The lowest BCUT2D eigenvalue weighted by Crippen LogP contribution is -2.34. The van der Waals surface area contributed by atoms with Crippen LogP contribution in [0.15, 0.2) is 65.8 Å². The molecule has 2 heterocycles. The number of anilines is 1. The van der Waals surface area contributed by atoms with Gasteiger partial charge in [-0.2, -0.15) is 0 Å². The van der Waals surface area contributed by atoms with E-state index in [1.54, 1.807) is 30.3 Å². The van der Waals surface area contributed by atoms with E-state index in [4.69, 9.17) is 14.2 Å². The summed E-state index contributed by atoms with van der Waals surface area (Å²) in [5.74, 6) is -0.103. The van der Waals surface area contributed by atoms with Crippen molar-refractivity contribution in [3.05, 3.63) is 77.5 Å². The molecule has 0 spiro atoms. The van der Waals surface area contributed by atoms with Crippen molar-refractivity contribution in [3.63, 3.8) is 0 Å². The Morgan fingerprint density at radius 1 is 1.03 bits per heavy atom. The molecule has 190 valence electrons. The number of benzene rings is 2. The Labute approximate surface area is 217 Å². The SMILES string of the molecule is O=C(CSc1ncccc1C(=O)OCC(=O)N[C@@H]1CCCc2ccccc21)Nc1ccc2c(c1)OCO2. The van der Waals surface area contributed by atoms with Crippen molar-refractivity contribution in [2.24, 2.45) is 0 Å². The summed E-state index contributed by atoms with van der Waals surface area (Å²) in [4.78, 5) is 41.9. The smallest absolute Gasteiger partial charge is 0.341 e. The van der Waals surface area contributed by atoms with Crippen LogP contribution >= 0.6 is 11.8 Å². The summed E-state index contributed by atoms with van der Waals surface area (Å²) >= 11 is 1.10. The first kappa shape index (κ1) is 24.6. The van der Waals surface area contributed by atoms with Gasteiger partial charge in [0.2, 0.25) is 12.7 Å². The van der Waals surface area contributed by atoms with E-state index in [1.165, 1.54) is 11.8 Å². The van der Waals surface area contributed by atoms with Crippen LogP contribution in [0.1, 0.15) is 40.4 Å². The van der Waals surface area contributed by atoms with Gasteiger partial charge in [-0.3, -0.25) is 9.59 Å². The van der Waals surface area contributed by atoms with Gasteiger partial charge in [-0.05, 0) is 54.7 Å². The number of aromatic nitrogens is 1. The number of fused-ring (bicyclic) bond motifs is 2. The second kappa shape index (κ2) is 11.3. The van der Waals surface area contributed by atoms with Gasteiger partial charge in [0.1, 0.15) is 5.03 Å². The maximum atomic E-state index is 12.7. The third-order valence-corrected chi connectivity index (χ3v) is 7.03. The lowest BCUT2D eigenvalue weighted by molar-refractivity contribution is -0.125. The highest BCUT2D eigenvalue weighted by Gasteiger charge is 2.23. The maximum absolute atomic E-state index is 12.7. The van der Waals surface area contributed by atoms with Gasteiger partial charge in [-0.1, -0.05) is 36.0 Å². The number of hydrogen-bond acceptors (Lipinski definition) is 8. The third-order valence-electron chi connectivity index (χ3n) is 6.03. The number of ether oxygens (including phenoxy) is 3. The van der Waals surface area contributed by atoms with Gasteiger partial charge in [0.05, 0.1) is 17.4 Å². The van der Waals surface area contributed by atoms with Crippen molar-refractivity contribution in [1.29, 1.82) is 0 Å². The fourth-order valence-corrected chi connectivity index (χ4v) is 5.10. The van der Waals surface area contributed by atoms with Crippen molar-refractivity contribution in [2.45, 2.75) is 30.3 Å². The second-order valence-electron chi connectivity index (χ2n) is 8.55. The molecule has 0 bridgehead atoms. The zero-order valence-corrected chi connectivity index (χ0v) is 20.7. The van der Waals surface area contributed by atoms with Gasteiger partial charge in [0.25, 0.3) is 5.91 Å². The highest BCUT2D eigenvalue weighted by molar-refractivity contribution is 8.00. The van der Waals surface area contributed by atoms with E-state index in [0.717, 1.165) is 36.6 Å². The number of carbonyl (C=O) groups is 3. The van der Waals surface area contributed by atoms with Crippen LogP contribution < -0.4 is 20.1 Å². The average molecular weight is 520 g/mol. The van der Waals surface area contributed by atoms with Crippen molar-refractivity contribution >= 4 is 35.2 Å². The molecule has 0 unspecified atom stereocenters. The minimum atomic E-state index is -0.675. The molecule has 1 atom stereocenters. The largest absolute Gasteiger partial charge is 0.454 e. The number of esters is 1. The molecule has 2 aromatic carbocycles. The van der Waals surface area contributed by atoms with Gasteiger partial charge >= 0.3 is 5.97 Å². The number of rotatable bonds is 8. The lowest BCUT2D eigenvalue weighted by Gasteiger charge is -2.26. The second-order valence-corrected chi connectivity index (χ2v) is 9.51. The Morgan fingerprint density at radius 3 is 2.81 bits per heavy atom. The highest BCUT2D eigenvalue weighted by Crippen LogP contribution is 2.34. The van der Waals surface area contributed by atoms with Gasteiger partial charge < -0.3 is 24.8 Å². The molecule has 0 radical (unpaired) electrons. The molecule has 0 fully saturated rings. The zero-order valence-electron chi connectivity index (χ0n) is 19.9. The van der Waals surface area contributed by atoms with Crippen LogP contribution in [0.4, 0.5) is 5.69 Å². The number of nitrogens with one attached hydrogen (secondary N) is 2. The van der Waals surface area contributed by atoms with Crippen LogP contribution in [0.5, 0.6) is 11.5 Å². The van der Waals surface area contributed by atoms with Crippen LogP contribution in [0.2, 0.25) is 0 Å². The van der Waals surface area contributed by atoms with Crippen LogP contribution in [0, 0.1) is 0 Å². The molecule has 1 aliphatic carbocycles. The van der Waals surface area contributed by atoms with Crippen molar-refractivity contribution in [2.75, 3.05) is 24.5 Å². The first-order valence-corrected chi connectivity index (χ1v) is 12.9. The van der Waals surface area contributed by atoms with Gasteiger partial charge in [-0.15, -0.1) is 0 Å². The molecule has 2 amide bonds. The Hall–Kier alpha value is -4.05. The van der Waals surface area contributed by atoms with E-state index in [0.29, 0.717) is 22.2 Å². The molecular formula is C27H25N3O6S. The summed E-state index contributed by atoms with van der Waals surface area (Å²) in [7, 11) is 0. The number of carbonyl (C=O) groups excluding carboxylic acids is 3. The number of hydrogen-bond donors (Lipinski definition) is 2. The standard InChI is InChI=1S/C27H25N3O6S/c31-24(30-21-9-3-6-17-5-1-2-7-19(17)21)14-34-27(33)20-8-4-12-28-26(20)37-15-25(32)29-18-10-11-22-23(13-18)36-16-35-22/h1-2,4-5,7-8,10-13,21H,3,6,9,14-16H2,(H,29,32)(H,30,31)/t21-/m1/s1. The first-order valence-electron chi connectivity index (χ1n) is 11.9. The van der Waals surface area contributed by atoms with Crippen LogP contribution in [-0.2, 0) is 20.7 Å². The van der Waals surface area contributed by atoms with Crippen LogP contribution in [0.25, 0.3) is 0 Å². The minimum absolute atomic E-state index is 0.0211. The fraction of sp³-hybridized carbons (Fsp3) is 0.259. The molecule has 1 aliphatic heterocycles. The summed E-state index contributed by atoms with van der Waals surface area (Å²) in [6.45, 7) is -0.252. The molecule has 3 aromatic rings. The summed E-state index contributed by atoms with van der Waals surface area (Å²) < 4.78 is 15.9. The molecule has 0 saturated heterocycles. The molecule has 0 saturated carbocycles. The maximum Gasteiger partial charge on any atom is 0.341 e. The van der Waals surface area contributed by atoms with E-state index < -0.39 is 12.6 Å². The molecule has 2 N–H and O–H groups in total. The van der Waals surface area contributed by atoms with Crippen LogP contribution in [-0.4, -0.2) is 41.9 Å². The first-order chi connectivity index (χ1) is 18.1. The van der Waals surface area contributed by atoms with Crippen LogP contribution in [0.3, 0.4) is 0 Å². The molecule has 37 heavy (non-hydrogen) atoms. The van der Waals surface area contributed by atoms with E-state index >= 15 is 0 Å². The zero-order chi connectivity index (χ0) is 25.6. The Balaban J connectivity index is 1.13. The Bertz CT molecular complexity index is 1330. The number of thioether (sulfide) groups is 1. The molecular weight excluding hydrogens is 494 g/mol. The van der Waals surface area contributed by atoms with Crippen molar-refractivity contribution in [3.8, 4) is 11.5 Å². The fourth-order valence-electron chi connectivity index (χ4n) is 4.32. The Morgan fingerprint density at radius 2 is 1.89 bits per heavy atom. The topological polar surface area (TPSA) is 116 Å². The molecule has 2 aliphatic rings. The summed E-state index contributed by atoms with van der Waals surface area (Å²) in [6.07, 6.45) is 4.35. The number of amides is 2. The van der Waals surface area contributed by atoms with Gasteiger partial charge in [0, 0.05) is 18.0 Å². The van der Waals surface area contributed by atoms with Crippen molar-refractivity contribution in [1.82, 2.24) is 10.3 Å². The Kier molecular flexibility index (Phi) is 7.55. The monoisotopic (exact) mass is 519 g/mol. The predicted octanol–water partition coefficient (Wildman–Crippen LogP) is 3.89. The summed E-state index contributed by atoms with van der Waals surface area (Å²) in [5, 5.41) is 6.10. The summed E-state index contributed by atoms with van der Waals surface area (Å²) in [6, 6.07) is 16.2. The minimum Gasteiger partial charge on any atom is -0.454 e. The number of pyridine rings is 1. The highest BCUT2D eigenvalue weighted by atomic mass is 32.2. The third kappa shape index (κ3) is 6.03. The molecule has 1 aromatic heterocycles. The van der Waals surface area contributed by atoms with E-state index in [1.807, 2.05) is 18.2 Å². The quantitative estimate of drug-likeness (QED) is 0.340.